The predicted molar refractivity (Wildman–Crippen MR) is 89.9 cm³/mol. The van der Waals surface area contributed by atoms with Gasteiger partial charge >= 0.3 is 11.7 Å². The SMILES string of the molecule is C[C@@H](c1ccccc1)N(C)C(=O)COC(=O)Cn1ccc(=O)[nH]c1=O. The van der Waals surface area contributed by atoms with Gasteiger partial charge in [0.25, 0.3) is 11.5 Å². The van der Waals surface area contributed by atoms with Crippen LogP contribution in [0.3, 0.4) is 0 Å². The molecule has 0 radical (unpaired) electrons. The molecule has 0 spiro atoms. The molecule has 1 aromatic carbocycles. The molecule has 1 amide bonds. The summed E-state index contributed by atoms with van der Waals surface area (Å²) >= 11 is 0. The van der Waals surface area contributed by atoms with Gasteiger partial charge in [0.15, 0.2) is 6.61 Å². The molecule has 1 aromatic heterocycles. The zero-order chi connectivity index (χ0) is 18.4. The average molecular weight is 345 g/mol. The van der Waals surface area contributed by atoms with Crippen molar-refractivity contribution in [3.05, 3.63) is 69.0 Å². The Hall–Kier alpha value is -3.16. The van der Waals surface area contributed by atoms with E-state index >= 15 is 0 Å². The van der Waals surface area contributed by atoms with E-state index in [1.165, 1.54) is 11.1 Å². The molecule has 132 valence electrons. The summed E-state index contributed by atoms with van der Waals surface area (Å²) in [5, 5.41) is 0. The van der Waals surface area contributed by atoms with E-state index in [0.717, 1.165) is 16.2 Å². The third-order valence-corrected chi connectivity index (χ3v) is 3.81. The molecule has 1 N–H and O–H groups in total. The molecule has 0 aliphatic carbocycles. The number of aromatic nitrogens is 2. The standard InChI is InChI=1S/C17H19N3O5/c1-12(13-6-4-3-5-7-13)19(2)15(22)11-25-16(23)10-20-9-8-14(21)18-17(20)24/h3-9,12H,10-11H2,1-2H3,(H,18,21,24)/t12-/m0/s1. The van der Waals surface area contributed by atoms with Gasteiger partial charge in [0, 0.05) is 19.3 Å². The lowest BCUT2D eigenvalue weighted by molar-refractivity contribution is -0.152. The van der Waals surface area contributed by atoms with Gasteiger partial charge in [-0.15, -0.1) is 0 Å². The van der Waals surface area contributed by atoms with Crippen LogP contribution < -0.4 is 11.2 Å². The van der Waals surface area contributed by atoms with Crippen LogP contribution in [0.1, 0.15) is 18.5 Å². The van der Waals surface area contributed by atoms with E-state index in [4.69, 9.17) is 4.74 Å². The smallest absolute Gasteiger partial charge is 0.328 e. The number of rotatable bonds is 6. The molecule has 0 saturated heterocycles. The Morgan fingerprint density at radius 2 is 1.88 bits per heavy atom. The number of nitrogens with zero attached hydrogens (tertiary/aromatic N) is 2. The first-order valence-corrected chi connectivity index (χ1v) is 7.64. The second-order valence-electron chi connectivity index (χ2n) is 5.49. The summed E-state index contributed by atoms with van der Waals surface area (Å²) in [6, 6.07) is 10.4. The molecule has 0 bridgehead atoms. The number of amides is 1. The van der Waals surface area contributed by atoms with E-state index in [1.54, 1.807) is 7.05 Å². The van der Waals surface area contributed by atoms with Crippen molar-refractivity contribution >= 4 is 11.9 Å². The summed E-state index contributed by atoms with van der Waals surface area (Å²) in [4.78, 5) is 49.9. The van der Waals surface area contributed by atoms with Crippen molar-refractivity contribution in [1.29, 1.82) is 0 Å². The fraction of sp³-hybridized carbons (Fsp3) is 0.294. The molecule has 2 rings (SSSR count). The third kappa shape index (κ3) is 4.90. The summed E-state index contributed by atoms with van der Waals surface area (Å²) in [6.45, 7) is 1.06. The second kappa shape index (κ2) is 8.09. The summed E-state index contributed by atoms with van der Waals surface area (Å²) in [7, 11) is 1.63. The summed E-state index contributed by atoms with van der Waals surface area (Å²) in [6.07, 6.45) is 1.19. The zero-order valence-corrected chi connectivity index (χ0v) is 14.0. The number of nitrogens with one attached hydrogen (secondary N) is 1. The maximum atomic E-state index is 12.2. The van der Waals surface area contributed by atoms with Crippen LogP contribution in [0, 0.1) is 0 Å². The van der Waals surface area contributed by atoms with Crippen molar-refractivity contribution in [2.45, 2.75) is 19.5 Å². The van der Waals surface area contributed by atoms with Crippen molar-refractivity contribution in [1.82, 2.24) is 14.5 Å². The fourth-order valence-electron chi connectivity index (χ4n) is 2.17. The number of hydrogen-bond acceptors (Lipinski definition) is 5. The number of H-pyrrole nitrogens is 1. The molecular weight excluding hydrogens is 326 g/mol. The highest BCUT2D eigenvalue weighted by Crippen LogP contribution is 2.18. The summed E-state index contributed by atoms with van der Waals surface area (Å²) in [5.74, 6) is -1.11. The number of ether oxygens (including phenoxy) is 1. The minimum atomic E-state index is -0.747. The Kier molecular flexibility index (Phi) is 5.89. The Morgan fingerprint density at radius 1 is 1.20 bits per heavy atom. The van der Waals surface area contributed by atoms with Crippen LogP contribution in [-0.4, -0.2) is 40.0 Å². The van der Waals surface area contributed by atoms with Gasteiger partial charge in [-0.1, -0.05) is 30.3 Å². The first-order valence-electron chi connectivity index (χ1n) is 7.64. The van der Waals surface area contributed by atoms with Gasteiger partial charge in [-0.05, 0) is 12.5 Å². The summed E-state index contributed by atoms with van der Waals surface area (Å²) < 4.78 is 5.91. The molecule has 0 unspecified atom stereocenters. The van der Waals surface area contributed by atoms with Gasteiger partial charge in [-0.2, -0.15) is 0 Å². The van der Waals surface area contributed by atoms with E-state index in [2.05, 4.69) is 0 Å². The number of carbonyl (C=O) groups excluding carboxylic acids is 2. The van der Waals surface area contributed by atoms with E-state index < -0.39 is 23.8 Å². The van der Waals surface area contributed by atoms with Crippen LogP contribution in [0.4, 0.5) is 0 Å². The Morgan fingerprint density at radius 3 is 2.52 bits per heavy atom. The molecule has 0 saturated carbocycles. The van der Waals surface area contributed by atoms with Gasteiger partial charge in [-0.25, -0.2) is 4.79 Å². The molecule has 0 aliphatic heterocycles. The van der Waals surface area contributed by atoms with E-state index in [1.807, 2.05) is 42.2 Å². The predicted octanol–water partition coefficient (Wildman–Crippen LogP) is 0.299. The van der Waals surface area contributed by atoms with Crippen LogP contribution in [0.15, 0.2) is 52.2 Å². The molecule has 8 nitrogen and oxygen atoms in total. The van der Waals surface area contributed by atoms with Crippen LogP contribution in [0.2, 0.25) is 0 Å². The molecule has 8 heteroatoms. The van der Waals surface area contributed by atoms with Crippen LogP contribution >= 0.6 is 0 Å². The molecule has 2 aromatic rings. The number of esters is 1. The van der Waals surface area contributed by atoms with Crippen molar-refractivity contribution in [3.8, 4) is 0 Å². The van der Waals surface area contributed by atoms with E-state index in [9.17, 15) is 19.2 Å². The lowest BCUT2D eigenvalue weighted by Crippen LogP contribution is -2.35. The van der Waals surface area contributed by atoms with Crippen molar-refractivity contribution < 1.29 is 14.3 Å². The Bertz CT molecular complexity index is 856. The minimum Gasteiger partial charge on any atom is -0.454 e. The quantitative estimate of drug-likeness (QED) is 0.759. The lowest BCUT2D eigenvalue weighted by Gasteiger charge is -2.25. The first-order chi connectivity index (χ1) is 11.9. The summed E-state index contributed by atoms with van der Waals surface area (Å²) in [5.41, 5.74) is -0.309. The maximum absolute atomic E-state index is 12.2. The number of benzene rings is 1. The molecule has 1 heterocycles. The number of hydrogen-bond donors (Lipinski definition) is 1. The van der Waals surface area contributed by atoms with Crippen LogP contribution in [0.25, 0.3) is 0 Å². The fourth-order valence-corrected chi connectivity index (χ4v) is 2.17. The van der Waals surface area contributed by atoms with E-state index in [0.29, 0.717) is 0 Å². The second-order valence-corrected chi connectivity index (χ2v) is 5.49. The van der Waals surface area contributed by atoms with Gasteiger partial charge in [0.1, 0.15) is 6.54 Å². The van der Waals surface area contributed by atoms with Crippen molar-refractivity contribution in [2.75, 3.05) is 13.7 Å². The number of aromatic amines is 1. The van der Waals surface area contributed by atoms with Crippen molar-refractivity contribution in [3.63, 3.8) is 0 Å². The van der Waals surface area contributed by atoms with Gasteiger partial charge < -0.3 is 9.64 Å². The lowest BCUT2D eigenvalue weighted by atomic mass is 10.1. The zero-order valence-electron chi connectivity index (χ0n) is 14.0. The Labute approximate surface area is 143 Å². The third-order valence-electron chi connectivity index (χ3n) is 3.81. The molecule has 0 aliphatic rings. The minimum absolute atomic E-state index is 0.172. The van der Waals surface area contributed by atoms with Gasteiger partial charge in [0.05, 0.1) is 6.04 Å². The topological polar surface area (TPSA) is 101 Å². The maximum Gasteiger partial charge on any atom is 0.328 e. The van der Waals surface area contributed by atoms with Gasteiger partial charge in [-0.3, -0.25) is 23.9 Å². The Balaban J connectivity index is 1.89. The number of likely N-dealkylation sites (N-methyl/N-ethyl adjacent to an activating group) is 1. The average Bonchev–Trinajstić information content (AvgIpc) is 2.61. The highest BCUT2D eigenvalue weighted by molar-refractivity contribution is 5.80. The molecule has 0 fully saturated rings. The molecular formula is C17H19N3O5. The van der Waals surface area contributed by atoms with Gasteiger partial charge in [0.2, 0.25) is 0 Å². The highest BCUT2D eigenvalue weighted by Gasteiger charge is 2.18. The highest BCUT2D eigenvalue weighted by atomic mass is 16.5. The normalized spacial score (nSPS) is 11.6. The monoisotopic (exact) mass is 345 g/mol. The largest absolute Gasteiger partial charge is 0.454 e. The number of carbonyl (C=O) groups is 2. The molecule has 25 heavy (non-hydrogen) atoms. The first kappa shape index (κ1) is 18.2. The van der Waals surface area contributed by atoms with Crippen molar-refractivity contribution in [2.24, 2.45) is 0 Å². The van der Waals surface area contributed by atoms with Crippen LogP contribution in [0.5, 0.6) is 0 Å². The molecule has 1 atom stereocenters. The van der Waals surface area contributed by atoms with E-state index in [-0.39, 0.29) is 18.5 Å². The van der Waals surface area contributed by atoms with Crippen LogP contribution in [-0.2, 0) is 20.9 Å².